The van der Waals surface area contributed by atoms with Gasteiger partial charge in [-0.25, -0.2) is 4.39 Å². The minimum atomic E-state index is -0.355. The smallest absolute Gasteiger partial charge is 0.165 e. The van der Waals surface area contributed by atoms with Gasteiger partial charge in [0.25, 0.3) is 0 Å². The average Bonchev–Trinajstić information content (AvgIpc) is 3.02. The molecule has 1 fully saturated rings. The first-order chi connectivity index (χ1) is 8.83. The van der Waals surface area contributed by atoms with Crippen molar-refractivity contribution in [3.05, 3.63) is 42.5 Å². The van der Waals surface area contributed by atoms with Crippen LogP contribution in [0.1, 0.15) is 31.7 Å². The fraction of sp³-hybridized carbons (Fsp3) is 0.357. The third-order valence-electron chi connectivity index (χ3n) is 3.34. The molecule has 3 rings (SSSR count). The number of hydrogen-bond donors (Lipinski definition) is 0. The summed E-state index contributed by atoms with van der Waals surface area (Å²) < 4.78 is 20.9. The zero-order valence-electron chi connectivity index (χ0n) is 10.1. The molecule has 1 aromatic heterocycles. The fourth-order valence-electron chi connectivity index (χ4n) is 2.40. The predicted octanol–water partition coefficient (Wildman–Crippen LogP) is 3.93. The number of nitrogens with zero attached hydrogens (tertiary/aromatic N) is 2. The minimum absolute atomic E-state index is 0.239. The Morgan fingerprint density at radius 3 is 2.78 bits per heavy atom. The van der Waals surface area contributed by atoms with E-state index in [2.05, 4.69) is 5.10 Å². The molecule has 0 amide bonds. The third kappa shape index (κ3) is 2.23. The second-order valence-electron chi connectivity index (χ2n) is 4.63. The van der Waals surface area contributed by atoms with Crippen molar-refractivity contribution < 1.29 is 9.13 Å². The first-order valence-electron chi connectivity index (χ1n) is 6.29. The second kappa shape index (κ2) is 4.80. The summed E-state index contributed by atoms with van der Waals surface area (Å²) in [7, 11) is 0. The van der Waals surface area contributed by atoms with Gasteiger partial charge in [-0.15, -0.1) is 0 Å². The Morgan fingerprint density at radius 2 is 2.00 bits per heavy atom. The first kappa shape index (κ1) is 11.3. The molecule has 0 unspecified atom stereocenters. The van der Waals surface area contributed by atoms with Crippen molar-refractivity contribution in [3.8, 4) is 11.5 Å². The van der Waals surface area contributed by atoms with Crippen LogP contribution in [0.3, 0.4) is 0 Å². The number of hydrogen-bond acceptors (Lipinski definition) is 2. The summed E-state index contributed by atoms with van der Waals surface area (Å²) in [6.07, 6.45) is 8.34. The van der Waals surface area contributed by atoms with Gasteiger partial charge in [0, 0.05) is 0 Å². The van der Waals surface area contributed by atoms with Crippen molar-refractivity contribution in [1.82, 2.24) is 9.78 Å². The topological polar surface area (TPSA) is 27.1 Å². The summed E-state index contributed by atoms with van der Waals surface area (Å²) in [5, 5.41) is 4.29. The van der Waals surface area contributed by atoms with Gasteiger partial charge in [-0.2, -0.15) is 5.10 Å². The van der Waals surface area contributed by atoms with E-state index in [0.29, 0.717) is 11.8 Å². The molecule has 0 N–H and O–H groups in total. The lowest BCUT2D eigenvalue weighted by Gasteiger charge is -2.08. The SMILES string of the molecule is Fc1ccccc1Oc1cnn(C2CCCC2)c1. The van der Waals surface area contributed by atoms with Crippen molar-refractivity contribution >= 4 is 0 Å². The lowest BCUT2D eigenvalue weighted by Crippen LogP contribution is -2.04. The van der Waals surface area contributed by atoms with Gasteiger partial charge in [-0.3, -0.25) is 4.68 Å². The van der Waals surface area contributed by atoms with Crippen LogP contribution >= 0.6 is 0 Å². The van der Waals surface area contributed by atoms with Gasteiger partial charge in [0.2, 0.25) is 0 Å². The standard InChI is InChI=1S/C14H15FN2O/c15-13-7-3-4-8-14(13)18-12-9-16-17(10-12)11-5-1-2-6-11/h3-4,7-11H,1-2,5-6H2. The maximum Gasteiger partial charge on any atom is 0.165 e. The second-order valence-corrected chi connectivity index (χ2v) is 4.63. The van der Waals surface area contributed by atoms with E-state index in [1.165, 1.54) is 31.7 Å². The summed E-state index contributed by atoms with van der Waals surface area (Å²) in [6, 6.07) is 6.87. The highest BCUT2D eigenvalue weighted by Crippen LogP contribution is 2.31. The van der Waals surface area contributed by atoms with E-state index in [9.17, 15) is 4.39 Å². The van der Waals surface area contributed by atoms with E-state index in [1.807, 2.05) is 10.9 Å². The van der Waals surface area contributed by atoms with Crippen LogP contribution in [0.2, 0.25) is 0 Å². The maximum atomic E-state index is 13.4. The Morgan fingerprint density at radius 1 is 1.22 bits per heavy atom. The van der Waals surface area contributed by atoms with Gasteiger partial charge in [-0.1, -0.05) is 25.0 Å². The zero-order chi connectivity index (χ0) is 12.4. The van der Waals surface area contributed by atoms with Crippen LogP contribution in [0.5, 0.6) is 11.5 Å². The van der Waals surface area contributed by atoms with Crippen LogP contribution in [0.25, 0.3) is 0 Å². The molecule has 18 heavy (non-hydrogen) atoms. The van der Waals surface area contributed by atoms with Crippen molar-refractivity contribution in [2.75, 3.05) is 0 Å². The summed E-state index contributed by atoms with van der Waals surface area (Å²) in [5.74, 6) is 0.474. The normalized spacial score (nSPS) is 16.1. The van der Waals surface area contributed by atoms with Crippen LogP contribution < -0.4 is 4.74 Å². The Bertz CT molecular complexity index is 532. The largest absolute Gasteiger partial charge is 0.451 e. The van der Waals surface area contributed by atoms with E-state index in [4.69, 9.17) is 4.74 Å². The molecule has 0 spiro atoms. The van der Waals surface area contributed by atoms with E-state index in [0.717, 1.165) is 0 Å². The van der Waals surface area contributed by atoms with Crippen LogP contribution in [0.15, 0.2) is 36.7 Å². The van der Waals surface area contributed by atoms with Crippen LogP contribution in [0.4, 0.5) is 4.39 Å². The van der Waals surface area contributed by atoms with Crippen molar-refractivity contribution in [2.45, 2.75) is 31.7 Å². The van der Waals surface area contributed by atoms with Gasteiger partial charge in [0.1, 0.15) is 0 Å². The van der Waals surface area contributed by atoms with E-state index < -0.39 is 0 Å². The molecule has 0 aliphatic heterocycles. The molecule has 1 aromatic carbocycles. The molecule has 1 aliphatic rings. The summed E-state index contributed by atoms with van der Waals surface area (Å²) in [5.41, 5.74) is 0. The van der Waals surface area contributed by atoms with E-state index in [-0.39, 0.29) is 11.6 Å². The van der Waals surface area contributed by atoms with Crippen LogP contribution in [-0.2, 0) is 0 Å². The fourth-order valence-corrected chi connectivity index (χ4v) is 2.40. The molecule has 4 heteroatoms. The highest BCUT2D eigenvalue weighted by Gasteiger charge is 2.18. The van der Waals surface area contributed by atoms with E-state index in [1.54, 1.807) is 24.4 Å². The zero-order valence-corrected chi connectivity index (χ0v) is 10.1. The number of benzene rings is 1. The van der Waals surface area contributed by atoms with Gasteiger partial charge in [0.05, 0.1) is 18.4 Å². The van der Waals surface area contributed by atoms with Crippen molar-refractivity contribution in [3.63, 3.8) is 0 Å². The number of ether oxygens (including phenoxy) is 1. The lowest BCUT2D eigenvalue weighted by atomic mass is 10.3. The Balaban J connectivity index is 1.75. The highest BCUT2D eigenvalue weighted by molar-refractivity contribution is 5.29. The molecular weight excluding hydrogens is 231 g/mol. The molecule has 94 valence electrons. The number of rotatable bonds is 3. The van der Waals surface area contributed by atoms with E-state index >= 15 is 0 Å². The predicted molar refractivity (Wildman–Crippen MR) is 66.2 cm³/mol. The molecular formula is C14H15FN2O. The van der Waals surface area contributed by atoms with Gasteiger partial charge >= 0.3 is 0 Å². The number of aromatic nitrogens is 2. The van der Waals surface area contributed by atoms with Gasteiger partial charge < -0.3 is 4.74 Å². The Hall–Kier alpha value is -1.84. The maximum absolute atomic E-state index is 13.4. The molecule has 1 saturated carbocycles. The average molecular weight is 246 g/mol. The van der Waals surface area contributed by atoms with Gasteiger partial charge in [-0.05, 0) is 25.0 Å². The monoisotopic (exact) mass is 246 g/mol. The van der Waals surface area contributed by atoms with Crippen LogP contribution in [0, 0.1) is 5.82 Å². The summed E-state index contributed by atoms with van der Waals surface area (Å²) in [6.45, 7) is 0. The molecule has 0 bridgehead atoms. The molecule has 0 saturated heterocycles. The lowest BCUT2D eigenvalue weighted by molar-refractivity contribution is 0.435. The van der Waals surface area contributed by atoms with Gasteiger partial charge in [0.15, 0.2) is 17.3 Å². The molecule has 3 nitrogen and oxygen atoms in total. The third-order valence-corrected chi connectivity index (χ3v) is 3.34. The Kier molecular flexibility index (Phi) is 3.00. The van der Waals surface area contributed by atoms with Crippen molar-refractivity contribution in [1.29, 1.82) is 0 Å². The minimum Gasteiger partial charge on any atom is -0.451 e. The molecule has 0 atom stereocenters. The van der Waals surface area contributed by atoms with Crippen molar-refractivity contribution in [2.24, 2.45) is 0 Å². The number of para-hydroxylation sites is 1. The first-order valence-corrected chi connectivity index (χ1v) is 6.29. The molecule has 2 aromatic rings. The molecule has 1 aliphatic carbocycles. The Labute approximate surface area is 105 Å². The molecule has 1 heterocycles. The van der Waals surface area contributed by atoms with Crippen LogP contribution in [-0.4, -0.2) is 9.78 Å². The quantitative estimate of drug-likeness (QED) is 0.820. The number of halogens is 1. The molecule has 0 radical (unpaired) electrons. The summed E-state index contributed by atoms with van der Waals surface area (Å²) in [4.78, 5) is 0. The summed E-state index contributed by atoms with van der Waals surface area (Å²) >= 11 is 0. The highest BCUT2D eigenvalue weighted by atomic mass is 19.1.